The van der Waals surface area contributed by atoms with Crippen LogP contribution in [0.15, 0.2) is 48.5 Å². The van der Waals surface area contributed by atoms with E-state index in [-0.39, 0.29) is 13.0 Å². The topological polar surface area (TPSA) is 102 Å². The molecule has 0 saturated carbocycles. The van der Waals surface area contributed by atoms with Gasteiger partial charge in [-0.1, -0.05) is 42.0 Å². The van der Waals surface area contributed by atoms with Crippen molar-refractivity contribution in [3.8, 4) is 6.07 Å². The number of urea groups is 1. The van der Waals surface area contributed by atoms with Crippen molar-refractivity contribution in [3.63, 3.8) is 0 Å². The Labute approximate surface area is 163 Å². The van der Waals surface area contributed by atoms with Gasteiger partial charge in [0.25, 0.3) is 5.91 Å². The fourth-order valence-electron chi connectivity index (χ4n) is 3.06. The molecule has 3 rings (SSSR count). The van der Waals surface area contributed by atoms with Gasteiger partial charge in [-0.2, -0.15) is 5.26 Å². The van der Waals surface area contributed by atoms with Crippen LogP contribution in [0.3, 0.4) is 0 Å². The Morgan fingerprint density at radius 2 is 1.79 bits per heavy atom. The summed E-state index contributed by atoms with van der Waals surface area (Å²) in [5.41, 5.74) is 1.86. The van der Waals surface area contributed by atoms with Crippen LogP contribution in [0.1, 0.15) is 23.6 Å². The summed E-state index contributed by atoms with van der Waals surface area (Å²) in [5.74, 6) is -0.953. The average Bonchev–Trinajstić information content (AvgIpc) is 2.88. The normalized spacial score (nSPS) is 18.5. The minimum atomic E-state index is -1.20. The molecule has 7 nitrogen and oxygen atoms in total. The number of rotatable bonds is 5. The highest BCUT2D eigenvalue weighted by atomic mass is 16.2. The van der Waals surface area contributed by atoms with E-state index in [9.17, 15) is 14.4 Å². The lowest BCUT2D eigenvalue weighted by molar-refractivity contribution is -0.133. The summed E-state index contributed by atoms with van der Waals surface area (Å²) in [6.45, 7) is 3.18. The standard InChI is InChI=1S/C21H20N4O3/c1-14-3-7-16(8-4-14)21(2)19(27)25(20(28)24-21)13-18(26)23-17-9-5-15(6-10-17)11-12-22/h3-10H,11,13H2,1-2H3,(H,23,26)(H,24,28)/t21-/m0/s1. The van der Waals surface area contributed by atoms with Crippen molar-refractivity contribution in [2.45, 2.75) is 25.8 Å². The van der Waals surface area contributed by atoms with E-state index in [0.717, 1.165) is 16.0 Å². The molecule has 0 aliphatic carbocycles. The van der Waals surface area contributed by atoms with Gasteiger partial charge in [-0.3, -0.25) is 14.5 Å². The van der Waals surface area contributed by atoms with Crippen molar-refractivity contribution in [2.24, 2.45) is 0 Å². The molecule has 7 heteroatoms. The number of nitrogens with zero attached hydrogens (tertiary/aromatic N) is 2. The number of carbonyl (C=O) groups is 3. The number of benzene rings is 2. The van der Waals surface area contributed by atoms with E-state index in [4.69, 9.17) is 5.26 Å². The number of carbonyl (C=O) groups excluding carboxylic acids is 3. The van der Waals surface area contributed by atoms with Gasteiger partial charge in [0.15, 0.2) is 0 Å². The number of nitrogens with one attached hydrogen (secondary N) is 2. The molecule has 1 saturated heterocycles. The Hall–Kier alpha value is -3.66. The Kier molecular flexibility index (Phi) is 5.14. The fourth-order valence-corrected chi connectivity index (χ4v) is 3.06. The smallest absolute Gasteiger partial charge is 0.325 e. The Morgan fingerprint density at radius 1 is 1.14 bits per heavy atom. The lowest BCUT2D eigenvalue weighted by Crippen LogP contribution is -2.42. The van der Waals surface area contributed by atoms with Gasteiger partial charge >= 0.3 is 6.03 Å². The maximum atomic E-state index is 12.9. The zero-order valence-corrected chi connectivity index (χ0v) is 15.7. The number of hydrogen-bond donors (Lipinski definition) is 2. The molecule has 1 atom stereocenters. The van der Waals surface area contributed by atoms with Crippen molar-refractivity contribution in [2.75, 3.05) is 11.9 Å². The third-order valence-corrected chi connectivity index (χ3v) is 4.73. The summed E-state index contributed by atoms with van der Waals surface area (Å²) >= 11 is 0. The van der Waals surface area contributed by atoms with Crippen LogP contribution in [0.2, 0.25) is 0 Å². The second-order valence-electron chi connectivity index (χ2n) is 6.89. The highest BCUT2D eigenvalue weighted by Gasteiger charge is 2.49. The SMILES string of the molecule is Cc1ccc([C@]2(C)NC(=O)N(CC(=O)Nc3ccc(CC#N)cc3)C2=O)cc1. The van der Waals surface area contributed by atoms with E-state index in [1.807, 2.05) is 19.1 Å². The summed E-state index contributed by atoms with van der Waals surface area (Å²) in [7, 11) is 0. The van der Waals surface area contributed by atoms with Gasteiger partial charge in [-0.05, 0) is 37.1 Å². The first-order valence-corrected chi connectivity index (χ1v) is 8.80. The highest BCUT2D eigenvalue weighted by molar-refractivity contribution is 6.10. The van der Waals surface area contributed by atoms with Crippen LogP contribution >= 0.6 is 0 Å². The quantitative estimate of drug-likeness (QED) is 0.783. The molecule has 1 heterocycles. The van der Waals surface area contributed by atoms with Crippen molar-refractivity contribution in [3.05, 3.63) is 65.2 Å². The predicted octanol–water partition coefficient (Wildman–Crippen LogP) is 2.47. The lowest BCUT2D eigenvalue weighted by Gasteiger charge is -2.22. The van der Waals surface area contributed by atoms with Crippen LogP contribution in [-0.4, -0.2) is 29.3 Å². The zero-order chi connectivity index (χ0) is 20.3. The molecule has 0 unspecified atom stereocenters. The number of amides is 4. The second-order valence-corrected chi connectivity index (χ2v) is 6.89. The highest BCUT2D eigenvalue weighted by Crippen LogP contribution is 2.29. The van der Waals surface area contributed by atoms with Gasteiger partial charge in [-0.15, -0.1) is 0 Å². The van der Waals surface area contributed by atoms with E-state index in [1.54, 1.807) is 43.3 Å². The molecule has 4 amide bonds. The van der Waals surface area contributed by atoms with Crippen LogP contribution in [0.5, 0.6) is 0 Å². The first-order valence-electron chi connectivity index (χ1n) is 8.80. The first-order chi connectivity index (χ1) is 13.3. The molecule has 0 radical (unpaired) electrons. The summed E-state index contributed by atoms with van der Waals surface area (Å²) in [6, 6.07) is 15.6. The molecule has 1 aliphatic rings. The first kappa shape index (κ1) is 19.1. The van der Waals surface area contributed by atoms with Crippen LogP contribution in [-0.2, 0) is 21.5 Å². The number of hydrogen-bond acceptors (Lipinski definition) is 4. The van der Waals surface area contributed by atoms with Crippen LogP contribution in [0.25, 0.3) is 0 Å². The van der Waals surface area contributed by atoms with Crippen molar-refractivity contribution in [1.29, 1.82) is 5.26 Å². The average molecular weight is 376 g/mol. The summed E-state index contributed by atoms with van der Waals surface area (Å²) in [6.07, 6.45) is 0.286. The van der Waals surface area contributed by atoms with Gasteiger partial charge in [0, 0.05) is 5.69 Å². The third kappa shape index (κ3) is 3.71. The minimum Gasteiger partial charge on any atom is -0.325 e. The molecule has 1 aliphatic heterocycles. The van der Waals surface area contributed by atoms with Gasteiger partial charge in [0.05, 0.1) is 12.5 Å². The molecule has 142 valence electrons. The Morgan fingerprint density at radius 3 is 2.39 bits per heavy atom. The maximum Gasteiger partial charge on any atom is 0.325 e. The molecule has 1 fully saturated rings. The van der Waals surface area contributed by atoms with Gasteiger partial charge in [0.2, 0.25) is 5.91 Å². The molecular weight excluding hydrogens is 356 g/mol. The monoisotopic (exact) mass is 376 g/mol. The van der Waals surface area contributed by atoms with Gasteiger partial charge in [-0.25, -0.2) is 4.79 Å². The minimum absolute atomic E-state index is 0.286. The number of nitriles is 1. The molecule has 2 aromatic rings. The number of anilines is 1. The fraction of sp³-hybridized carbons (Fsp3) is 0.238. The Balaban J connectivity index is 1.69. The maximum absolute atomic E-state index is 12.9. The van der Waals surface area contributed by atoms with Crippen molar-refractivity contribution >= 4 is 23.5 Å². The van der Waals surface area contributed by atoms with Crippen LogP contribution in [0, 0.1) is 18.3 Å². The molecule has 0 spiro atoms. The number of aryl methyl sites for hydroxylation is 1. The predicted molar refractivity (Wildman–Crippen MR) is 103 cm³/mol. The second kappa shape index (κ2) is 7.53. The number of imide groups is 1. The summed E-state index contributed by atoms with van der Waals surface area (Å²) in [5, 5.41) is 14.0. The van der Waals surface area contributed by atoms with Crippen LogP contribution < -0.4 is 10.6 Å². The molecule has 2 aromatic carbocycles. The van der Waals surface area contributed by atoms with Gasteiger partial charge in [0.1, 0.15) is 12.1 Å². The summed E-state index contributed by atoms with van der Waals surface area (Å²) < 4.78 is 0. The van der Waals surface area contributed by atoms with E-state index in [1.165, 1.54) is 0 Å². The van der Waals surface area contributed by atoms with Gasteiger partial charge < -0.3 is 10.6 Å². The Bertz CT molecular complexity index is 961. The van der Waals surface area contributed by atoms with E-state index < -0.39 is 23.4 Å². The molecule has 0 aromatic heterocycles. The molecule has 28 heavy (non-hydrogen) atoms. The van der Waals surface area contributed by atoms with Crippen molar-refractivity contribution < 1.29 is 14.4 Å². The molecular formula is C21H20N4O3. The third-order valence-electron chi connectivity index (χ3n) is 4.73. The van der Waals surface area contributed by atoms with E-state index in [0.29, 0.717) is 11.3 Å². The molecule has 0 bridgehead atoms. The zero-order valence-electron chi connectivity index (χ0n) is 15.7. The van der Waals surface area contributed by atoms with E-state index in [2.05, 4.69) is 16.7 Å². The van der Waals surface area contributed by atoms with Crippen molar-refractivity contribution in [1.82, 2.24) is 10.2 Å². The lowest BCUT2D eigenvalue weighted by atomic mass is 9.91. The molecule has 2 N–H and O–H groups in total. The summed E-state index contributed by atoms with van der Waals surface area (Å²) in [4.78, 5) is 38.4. The largest absolute Gasteiger partial charge is 0.325 e. The van der Waals surface area contributed by atoms with Crippen LogP contribution in [0.4, 0.5) is 10.5 Å². The van der Waals surface area contributed by atoms with E-state index >= 15 is 0 Å².